The fourth-order valence-electron chi connectivity index (χ4n) is 0.723. The van der Waals surface area contributed by atoms with Gasteiger partial charge in [-0.15, -0.1) is 0 Å². The minimum atomic E-state index is -0.562. The van der Waals surface area contributed by atoms with E-state index in [1.54, 1.807) is 12.1 Å². The molecule has 66 valence electrons. The first kappa shape index (κ1) is 9.70. The minimum Gasteiger partial charge on any atom is -0.491 e. The normalized spacial score (nSPS) is 9.92. The lowest BCUT2D eigenvalue weighted by atomic mass is 10.3. The summed E-state index contributed by atoms with van der Waals surface area (Å²) in [7, 11) is 0. The Labute approximate surface area is 82.9 Å². The predicted octanol–water partition coefficient (Wildman–Crippen LogP) is 2.78. The van der Waals surface area contributed by atoms with Gasteiger partial charge in [0.1, 0.15) is 24.8 Å². The first-order valence-corrected chi connectivity index (χ1v) is 4.45. The fraction of sp³-hybridized carbons (Fsp3) is 0.250. The average molecular weight is 284 g/mol. The Hall–Kier alpha value is -0.390. The molecule has 0 fully saturated rings. The van der Waals surface area contributed by atoms with Gasteiger partial charge in [-0.3, -0.25) is 0 Å². The molecule has 0 atom stereocenters. The second-order valence-corrected chi connectivity index (χ2v) is 3.28. The van der Waals surface area contributed by atoms with Crippen molar-refractivity contribution in [3.05, 3.63) is 27.6 Å². The summed E-state index contributed by atoms with van der Waals surface area (Å²) in [6.07, 6.45) is 0. The van der Waals surface area contributed by atoms with E-state index in [2.05, 4.69) is 0 Å². The van der Waals surface area contributed by atoms with Crippen LogP contribution < -0.4 is 4.74 Å². The number of rotatable bonds is 3. The van der Waals surface area contributed by atoms with E-state index in [0.717, 1.165) is 0 Å². The Morgan fingerprint density at radius 1 is 1.42 bits per heavy atom. The molecule has 0 radical (unpaired) electrons. The van der Waals surface area contributed by atoms with Gasteiger partial charge >= 0.3 is 0 Å². The molecular formula is C8H7F2IO. The highest BCUT2D eigenvalue weighted by Crippen LogP contribution is 2.17. The van der Waals surface area contributed by atoms with Crippen LogP contribution in [0.3, 0.4) is 0 Å². The molecule has 0 aliphatic carbocycles. The fourth-order valence-corrected chi connectivity index (χ4v) is 1.06. The molecule has 0 aliphatic heterocycles. The van der Waals surface area contributed by atoms with Crippen LogP contribution >= 0.6 is 22.6 Å². The van der Waals surface area contributed by atoms with E-state index in [1.165, 1.54) is 6.07 Å². The first-order chi connectivity index (χ1) is 5.74. The van der Waals surface area contributed by atoms with E-state index in [-0.39, 0.29) is 12.4 Å². The highest BCUT2D eigenvalue weighted by atomic mass is 127. The highest BCUT2D eigenvalue weighted by Gasteiger charge is 2.00. The molecule has 1 aromatic rings. The monoisotopic (exact) mass is 284 g/mol. The van der Waals surface area contributed by atoms with Crippen molar-refractivity contribution in [1.29, 1.82) is 0 Å². The van der Waals surface area contributed by atoms with E-state index >= 15 is 0 Å². The van der Waals surface area contributed by atoms with Crippen molar-refractivity contribution in [1.82, 2.24) is 0 Å². The summed E-state index contributed by atoms with van der Waals surface area (Å²) in [5.74, 6) is 0.0255. The second-order valence-electron chi connectivity index (χ2n) is 2.11. The van der Waals surface area contributed by atoms with Crippen LogP contribution in [0.1, 0.15) is 0 Å². The van der Waals surface area contributed by atoms with Gasteiger partial charge in [-0.05, 0) is 34.7 Å². The van der Waals surface area contributed by atoms with Crippen LogP contribution in [0.15, 0.2) is 18.2 Å². The molecule has 0 aromatic heterocycles. The Kier molecular flexibility index (Phi) is 3.71. The van der Waals surface area contributed by atoms with Gasteiger partial charge in [0, 0.05) is 9.64 Å². The molecule has 1 nitrogen and oxygen atoms in total. The average Bonchev–Trinajstić information content (AvgIpc) is 2.07. The highest BCUT2D eigenvalue weighted by molar-refractivity contribution is 14.1. The van der Waals surface area contributed by atoms with Gasteiger partial charge in [0.15, 0.2) is 0 Å². The van der Waals surface area contributed by atoms with Crippen molar-refractivity contribution in [3.63, 3.8) is 0 Å². The summed E-state index contributed by atoms with van der Waals surface area (Å²) in [4.78, 5) is 0. The number of halogens is 3. The zero-order chi connectivity index (χ0) is 8.97. The lowest BCUT2D eigenvalue weighted by Crippen LogP contribution is -1.99. The van der Waals surface area contributed by atoms with Crippen LogP contribution in [0, 0.1) is 9.39 Å². The van der Waals surface area contributed by atoms with Gasteiger partial charge in [-0.2, -0.15) is 0 Å². The second kappa shape index (κ2) is 4.59. The zero-order valence-corrected chi connectivity index (χ0v) is 8.35. The SMILES string of the molecule is FCCOc1ccc(I)c(F)c1. The predicted molar refractivity (Wildman–Crippen MR) is 50.6 cm³/mol. The molecule has 0 N–H and O–H groups in total. The number of hydrogen-bond donors (Lipinski definition) is 0. The molecule has 0 unspecified atom stereocenters. The summed E-state index contributed by atoms with van der Waals surface area (Å²) in [6, 6.07) is 4.45. The van der Waals surface area contributed by atoms with E-state index in [4.69, 9.17) is 4.74 Å². The molecule has 1 rings (SSSR count). The molecule has 0 spiro atoms. The van der Waals surface area contributed by atoms with E-state index in [0.29, 0.717) is 9.32 Å². The third-order valence-electron chi connectivity index (χ3n) is 1.24. The number of alkyl halides is 1. The summed E-state index contributed by atoms with van der Waals surface area (Å²) >= 11 is 1.87. The molecular weight excluding hydrogens is 277 g/mol. The van der Waals surface area contributed by atoms with Crippen LogP contribution in [0.5, 0.6) is 5.75 Å². The molecule has 1 aromatic carbocycles. The molecule has 4 heteroatoms. The summed E-state index contributed by atoms with van der Waals surface area (Å²) in [6.45, 7) is -0.590. The molecule has 0 bridgehead atoms. The molecule has 12 heavy (non-hydrogen) atoms. The molecule has 0 saturated carbocycles. The Bertz CT molecular complexity index is 265. The summed E-state index contributed by atoms with van der Waals surface area (Å²) < 4.78 is 29.9. The Morgan fingerprint density at radius 3 is 2.75 bits per heavy atom. The van der Waals surface area contributed by atoms with E-state index in [9.17, 15) is 8.78 Å². The molecule has 0 amide bonds. The van der Waals surface area contributed by atoms with Crippen molar-refractivity contribution in [2.75, 3.05) is 13.3 Å². The molecule has 0 heterocycles. The number of hydrogen-bond acceptors (Lipinski definition) is 1. The van der Waals surface area contributed by atoms with Crippen molar-refractivity contribution in [2.24, 2.45) is 0 Å². The topological polar surface area (TPSA) is 9.23 Å². The van der Waals surface area contributed by atoms with Crippen LogP contribution in [0.4, 0.5) is 8.78 Å². The van der Waals surface area contributed by atoms with Gasteiger partial charge in [0.05, 0.1) is 0 Å². The van der Waals surface area contributed by atoms with Gasteiger partial charge in [0.2, 0.25) is 0 Å². The number of benzene rings is 1. The standard InChI is InChI=1S/C8H7F2IO/c9-3-4-12-6-1-2-8(11)7(10)5-6/h1-2,5H,3-4H2. The van der Waals surface area contributed by atoms with Crippen LogP contribution in [0.25, 0.3) is 0 Å². The summed E-state index contributed by atoms with van der Waals surface area (Å²) in [5.41, 5.74) is 0. The van der Waals surface area contributed by atoms with Crippen molar-refractivity contribution in [3.8, 4) is 5.75 Å². The third kappa shape index (κ3) is 2.58. The van der Waals surface area contributed by atoms with Crippen LogP contribution in [-0.4, -0.2) is 13.3 Å². The molecule has 0 saturated heterocycles. The number of ether oxygens (including phenoxy) is 1. The van der Waals surface area contributed by atoms with Crippen LogP contribution in [0.2, 0.25) is 0 Å². The van der Waals surface area contributed by atoms with Gasteiger partial charge in [-0.1, -0.05) is 0 Å². The third-order valence-corrected chi connectivity index (χ3v) is 2.11. The lowest BCUT2D eigenvalue weighted by molar-refractivity contribution is 0.272. The minimum absolute atomic E-state index is 0.0277. The lowest BCUT2D eigenvalue weighted by Gasteiger charge is -2.03. The maximum atomic E-state index is 12.8. The van der Waals surface area contributed by atoms with Gasteiger partial charge < -0.3 is 4.74 Å². The van der Waals surface area contributed by atoms with Gasteiger partial charge in [-0.25, -0.2) is 8.78 Å². The van der Waals surface area contributed by atoms with Crippen molar-refractivity contribution >= 4 is 22.6 Å². The first-order valence-electron chi connectivity index (χ1n) is 3.38. The van der Waals surface area contributed by atoms with E-state index < -0.39 is 6.67 Å². The maximum absolute atomic E-state index is 12.8. The van der Waals surface area contributed by atoms with Crippen LogP contribution in [-0.2, 0) is 0 Å². The van der Waals surface area contributed by atoms with Crippen molar-refractivity contribution < 1.29 is 13.5 Å². The van der Waals surface area contributed by atoms with E-state index in [1.807, 2.05) is 22.6 Å². The molecule has 0 aliphatic rings. The maximum Gasteiger partial charge on any atom is 0.140 e. The van der Waals surface area contributed by atoms with Gasteiger partial charge in [0.25, 0.3) is 0 Å². The largest absolute Gasteiger partial charge is 0.491 e. The van der Waals surface area contributed by atoms with Crippen molar-refractivity contribution in [2.45, 2.75) is 0 Å². The summed E-state index contributed by atoms with van der Waals surface area (Å²) in [5, 5.41) is 0. The smallest absolute Gasteiger partial charge is 0.140 e. The zero-order valence-electron chi connectivity index (χ0n) is 6.19. The quantitative estimate of drug-likeness (QED) is 0.775. The Morgan fingerprint density at radius 2 is 2.17 bits per heavy atom. The Balaban J connectivity index is 2.69.